The molecule has 0 amide bonds. The molecule has 4 rings (SSSR count). The van der Waals surface area contributed by atoms with Gasteiger partial charge in [0.25, 0.3) is 0 Å². The van der Waals surface area contributed by atoms with Gasteiger partial charge in [-0.1, -0.05) is 12.1 Å². The topological polar surface area (TPSA) is 89.5 Å². The third-order valence-electron chi connectivity index (χ3n) is 5.44. The van der Waals surface area contributed by atoms with Gasteiger partial charge in [0.15, 0.2) is 17.3 Å². The van der Waals surface area contributed by atoms with Gasteiger partial charge in [-0.3, -0.25) is 4.79 Å². The minimum Gasteiger partial charge on any atom is -0.493 e. The molecule has 8 heteroatoms. The van der Waals surface area contributed by atoms with Gasteiger partial charge in [-0.05, 0) is 48.0 Å². The van der Waals surface area contributed by atoms with Gasteiger partial charge >= 0.3 is 5.97 Å². The van der Waals surface area contributed by atoms with Gasteiger partial charge in [0.1, 0.15) is 18.1 Å². The fourth-order valence-electron chi connectivity index (χ4n) is 3.66. The number of fused-ring (bicyclic) bond motifs is 1. The molecule has 1 heterocycles. The Morgan fingerprint density at radius 3 is 2.29 bits per heavy atom. The Morgan fingerprint density at radius 2 is 1.63 bits per heavy atom. The summed E-state index contributed by atoms with van der Waals surface area (Å²) in [6.07, 6.45) is 1.60. The van der Waals surface area contributed by atoms with E-state index in [9.17, 15) is 9.59 Å². The van der Waals surface area contributed by atoms with E-state index in [0.29, 0.717) is 45.4 Å². The lowest BCUT2D eigenvalue weighted by Crippen LogP contribution is -2.02. The van der Waals surface area contributed by atoms with Crippen LogP contribution in [-0.4, -0.2) is 40.2 Å². The summed E-state index contributed by atoms with van der Waals surface area (Å²) >= 11 is 0. The lowest BCUT2D eigenvalue weighted by atomic mass is 10.1. The number of ketones is 1. The number of Topliss-reactive ketones (excluding diaryl/α,β-unsaturated/α-hetero) is 1. The van der Waals surface area contributed by atoms with E-state index in [2.05, 4.69) is 0 Å². The number of hydrogen-bond donors (Lipinski definition) is 0. The number of hydrogen-bond acceptors (Lipinski definition) is 8. The normalized spacial score (nSPS) is 13.1. The van der Waals surface area contributed by atoms with Crippen molar-refractivity contribution in [2.75, 3.05) is 28.4 Å². The van der Waals surface area contributed by atoms with E-state index in [4.69, 9.17) is 28.4 Å². The summed E-state index contributed by atoms with van der Waals surface area (Å²) in [5.74, 6) is 1.81. The lowest BCUT2D eigenvalue weighted by Gasteiger charge is -2.14. The van der Waals surface area contributed by atoms with Crippen LogP contribution in [-0.2, 0) is 11.3 Å². The Labute approximate surface area is 202 Å². The Hall–Kier alpha value is -4.46. The molecule has 35 heavy (non-hydrogen) atoms. The quantitative estimate of drug-likeness (QED) is 0.342. The molecule has 0 saturated heterocycles. The van der Waals surface area contributed by atoms with Crippen molar-refractivity contribution >= 4 is 17.8 Å². The molecule has 3 aromatic carbocycles. The molecule has 3 aromatic rings. The van der Waals surface area contributed by atoms with Crippen molar-refractivity contribution in [2.24, 2.45) is 0 Å². The maximum absolute atomic E-state index is 12.9. The molecule has 0 N–H and O–H groups in total. The van der Waals surface area contributed by atoms with Crippen LogP contribution in [0.4, 0.5) is 0 Å². The first kappa shape index (κ1) is 23.7. The first-order valence-corrected chi connectivity index (χ1v) is 10.7. The van der Waals surface area contributed by atoms with E-state index in [0.717, 1.165) is 5.56 Å². The van der Waals surface area contributed by atoms with Gasteiger partial charge in [-0.15, -0.1) is 0 Å². The van der Waals surface area contributed by atoms with Crippen molar-refractivity contribution in [3.63, 3.8) is 0 Å². The second-order valence-corrected chi connectivity index (χ2v) is 7.50. The highest BCUT2D eigenvalue weighted by atomic mass is 16.5. The van der Waals surface area contributed by atoms with Gasteiger partial charge < -0.3 is 28.4 Å². The summed E-state index contributed by atoms with van der Waals surface area (Å²) in [6, 6.07) is 15.5. The zero-order valence-electron chi connectivity index (χ0n) is 19.7. The van der Waals surface area contributed by atoms with E-state index >= 15 is 0 Å². The molecule has 0 aromatic heterocycles. The van der Waals surface area contributed by atoms with Crippen LogP contribution in [0.15, 0.2) is 60.4 Å². The zero-order chi connectivity index (χ0) is 24.9. The molecule has 0 unspecified atom stereocenters. The van der Waals surface area contributed by atoms with Crippen LogP contribution in [0.2, 0.25) is 0 Å². The maximum atomic E-state index is 12.9. The Balaban J connectivity index is 1.51. The Kier molecular flexibility index (Phi) is 6.91. The third-order valence-corrected chi connectivity index (χ3v) is 5.44. The number of carbonyl (C=O) groups is 2. The van der Waals surface area contributed by atoms with Gasteiger partial charge in [0.2, 0.25) is 11.5 Å². The minimum atomic E-state index is -0.396. The van der Waals surface area contributed by atoms with Crippen LogP contribution in [0.1, 0.15) is 31.8 Å². The van der Waals surface area contributed by atoms with Crippen molar-refractivity contribution in [3.8, 4) is 28.7 Å². The highest BCUT2D eigenvalue weighted by Gasteiger charge is 2.28. The molecule has 0 fully saturated rings. The van der Waals surface area contributed by atoms with E-state index < -0.39 is 5.97 Å². The Bertz CT molecular complexity index is 1290. The first-order chi connectivity index (χ1) is 17.0. The largest absolute Gasteiger partial charge is 0.493 e. The van der Waals surface area contributed by atoms with E-state index in [-0.39, 0.29) is 18.1 Å². The summed E-state index contributed by atoms with van der Waals surface area (Å²) in [5.41, 5.74) is 2.38. The number of methoxy groups -OCH3 is 4. The van der Waals surface area contributed by atoms with Crippen molar-refractivity contribution in [1.29, 1.82) is 0 Å². The highest BCUT2D eigenvalue weighted by Crippen LogP contribution is 2.42. The molecule has 8 nitrogen and oxygen atoms in total. The van der Waals surface area contributed by atoms with Crippen LogP contribution in [0.25, 0.3) is 6.08 Å². The standard InChI is InChI=1S/C27H24O8/c1-30-21-12-9-18(25(31-2)26(21)32-3)13-23-24(28)20-11-10-19(14-22(20)35-23)34-15-16-5-7-17(8-6-16)27(29)33-4/h5-14H,15H2,1-4H3. The summed E-state index contributed by atoms with van der Waals surface area (Å²) < 4.78 is 32.6. The smallest absolute Gasteiger partial charge is 0.337 e. The lowest BCUT2D eigenvalue weighted by molar-refractivity contribution is 0.0600. The summed E-state index contributed by atoms with van der Waals surface area (Å²) in [6.45, 7) is 0.278. The molecule has 1 aliphatic rings. The first-order valence-electron chi connectivity index (χ1n) is 10.7. The molecule has 0 atom stereocenters. The Morgan fingerprint density at radius 1 is 0.886 bits per heavy atom. The molecular formula is C27H24O8. The minimum absolute atomic E-state index is 0.154. The van der Waals surface area contributed by atoms with Gasteiger partial charge in [-0.2, -0.15) is 0 Å². The van der Waals surface area contributed by atoms with Crippen molar-refractivity contribution in [2.45, 2.75) is 6.61 Å². The average molecular weight is 476 g/mol. The molecule has 0 bridgehead atoms. The zero-order valence-corrected chi connectivity index (χ0v) is 19.7. The molecule has 0 aliphatic carbocycles. The van der Waals surface area contributed by atoms with Crippen LogP contribution < -0.4 is 23.7 Å². The second-order valence-electron chi connectivity index (χ2n) is 7.50. The molecule has 0 radical (unpaired) electrons. The van der Waals surface area contributed by atoms with E-state index in [1.54, 1.807) is 60.7 Å². The van der Waals surface area contributed by atoms with Crippen LogP contribution in [0, 0.1) is 0 Å². The molecule has 0 spiro atoms. The monoisotopic (exact) mass is 476 g/mol. The maximum Gasteiger partial charge on any atom is 0.337 e. The molecule has 180 valence electrons. The van der Waals surface area contributed by atoms with Crippen molar-refractivity contribution in [3.05, 3.63) is 82.6 Å². The molecular weight excluding hydrogens is 452 g/mol. The van der Waals surface area contributed by atoms with Crippen molar-refractivity contribution < 1.29 is 38.0 Å². The molecule has 1 aliphatic heterocycles. The molecule has 0 saturated carbocycles. The van der Waals surface area contributed by atoms with Crippen molar-refractivity contribution in [1.82, 2.24) is 0 Å². The number of rotatable bonds is 8. The summed E-state index contributed by atoms with van der Waals surface area (Å²) in [7, 11) is 5.90. The number of benzene rings is 3. The number of carbonyl (C=O) groups excluding carboxylic acids is 2. The summed E-state index contributed by atoms with van der Waals surface area (Å²) in [4.78, 5) is 24.5. The van der Waals surface area contributed by atoms with Gasteiger partial charge in [0, 0.05) is 11.6 Å². The third kappa shape index (κ3) is 4.77. The second kappa shape index (κ2) is 10.2. The average Bonchev–Trinajstić information content (AvgIpc) is 3.20. The fraction of sp³-hybridized carbons (Fsp3) is 0.185. The summed E-state index contributed by atoms with van der Waals surface area (Å²) in [5, 5.41) is 0. The van der Waals surface area contributed by atoms with E-state index in [1.807, 2.05) is 0 Å². The van der Waals surface area contributed by atoms with Crippen LogP contribution in [0.5, 0.6) is 28.7 Å². The van der Waals surface area contributed by atoms with E-state index in [1.165, 1.54) is 28.4 Å². The number of ether oxygens (including phenoxy) is 6. The predicted molar refractivity (Wildman–Crippen MR) is 128 cm³/mol. The number of allylic oxidation sites excluding steroid dienone is 1. The fourth-order valence-corrected chi connectivity index (χ4v) is 3.66. The van der Waals surface area contributed by atoms with Crippen LogP contribution >= 0.6 is 0 Å². The predicted octanol–water partition coefficient (Wildman–Crippen LogP) is 4.69. The highest BCUT2D eigenvalue weighted by molar-refractivity contribution is 6.14. The number of esters is 1. The van der Waals surface area contributed by atoms with Gasteiger partial charge in [-0.25, -0.2) is 4.79 Å². The SMILES string of the molecule is COC(=O)c1ccc(COc2ccc3c(c2)OC(=Cc2ccc(OC)c(OC)c2OC)C3=O)cc1. The van der Waals surface area contributed by atoms with Crippen LogP contribution in [0.3, 0.4) is 0 Å². The van der Waals surface area contributed by atoms with Gasteiger partial charge in [0.05, 0.1) is 39.6 Å².